The minimum atomic E-state index is -0.923. The van der Waals surface area contributed by atoms with Gasteiger partial charge < -0.3 is 10.6 Å². The molecule has 0 saturated heterocycles. The molecule has 182 valence electrons. The molecule has 0 radical (unpaired) electrons. The van der Waals surface area contributed by atoms with Gasteiger partial charge in [-0.2, -0.15) is 0 Å². The number of ketones is 1. The van der Waals surface area contributed by atoms with Crippen LogP contribution in [-0.4, -0.2) is 27.4 Å². The fourth-order valence-electron chi connectivity index (χ4n) is 3.06. The average Bonchev–Trinajstić information content (AvgIpc) is 2.84. The summed E-state index contributed by atoms with van der Waals surface area (Å²) in [6.45, 7) is 1.36. The van der Waals surface area contributed by atoms with Crippen LogP contribution in [-0.2, 0) is 4.79 Å². The van der Waals surface area contributed by atoms with Crippen LogP contribution in [0.3, 0.4) is 0 Å². The van der Waals surface area contributed by atoms with Crippen LogP contribution in [0.4, 0.5) is 17.1 Å². The van der Waals surface area contributed by atoms with Gasteiger partial charge in [-0.3, -0.25) is 34.6 Å². The van der Waals surface area contributed by atoms with E-state index in [4.69, 9.17) is 11.6 Å². The molecule has 0 spiro atoms. The predicted molar refractivity (Wildman–Crippen MR) is 132 cm³/mol. The summed E-state index contributed by atoms with van der Waals surface area (Å²) >= 11 is 6.04. The van der Waals surface area contributed by atoms with Gasteiger partial charge in [0.25, 0.3) is 23.2 Å². The van der Waals surface area contributed by atoms with Gasteiger partial charge in [0, 0.05) is 35.5 Å². The molecule has 3 rings (SSSR count). The Morgan fingerprint density at radius 2 is 1.56 bits per heavy atom. The first kappa shape index (κ1) is 25.7. The molecule has 2 amide bonds. The molecule has 0 aromatic heterocycles. The molecule has 0 bridgehead atoms. The number of Topliss-reactive ketones (excluding diaryl/α,β-unsaturated/α-hetero) is 1. The lowest BCUT2D eigenvalue weighted by Crippen LogP contribution is -2.31. The molecule has 0 saturated carbocycles. The number of carbonyl (C=O) groups excluding carboxylic acids is 3. The lowest BCUT2D eigenvalue weighted by Gasteiger charge is -2.12. The zero-order valence-electron chi connectivity index (χ0n) is 18.6. The fraction of sp³-hybridized carbons (Fsp3) is 0.0417. The summed E-state index contributed by atoms with van der Waals surface area (Å²) in [4.78, 5) is 58.6. The Bertz CT molecular complexity index is 1440. The van der Waals surface area contributed by atoms with Gasteiger partial charge in [-0.25, -0.2) is 0 Å². The summed E-state index contributed by atoms with van der Waals surface area (Å²) in [5.74, 6) is -1.97. The summed E-state index contributed by atoms with van der Waals surface area (Å²) in [6.07, 6.45) is 1.19. The van der Waals surface area contributed by atoms with Crippen molar-refractivity contribution in [1.29, 1.82) is 0 Å². The number of nitro benzene ring substituents is 2. The van der Waals surface area contributed by atoms with E-state index in [9.17, 15) is 34.6 Å². The molecule has 0 unspecified atom stereocenters. The zero-order chi connectivity index (χ0) is 26.4. The summed E-state index contributed by atoms with van der Waals surface area (Å²) in [6, 6.07) is 14.6. The molecule has 11 nitrogen and oxygen atoms in total. The molecular formula is C24H17ClN4O7. The minimum absolute atomic E-state index is 0.0950. The predicted octanol–water partition coefficient (Wildman–Crippen LogP) is 4.77. The first-order chi connectivity index (χ1) is 17.0. The van der Waals surface area contributed by atoms with Crippen LogP contribution in [0.25, 0.3) is 6.08 Å². The van der Waals surface area contributed by atoms with E-state index >= 15 is 0 Å². The van der Waals surface area contributed by atoms with Gasteiger partial charge in [-0.1, -0.05) is 35.9 Å². The van der Waals surface area contributed by atoms with Crippen molar-refractivity contribution in [3.05, 3.63) is 114 Å². The van der Waals surface area contributed by atoms with E-state index in [1.807, 2.05) is 0 Å². The highest BCUT2D eigenvalue weighted by Gasteiger charge is 2.20. The second-order valence-corrected chi connectivity index (χ2v) is 7.78. The fourth-order valence-corrected chi connectivity index (χ4v) is 3.26. The van der Waals surface area contributed by atoms with Crippen LogP contribution < -0.4 is 10.6 Å². The van der Waals surface area contributed by atoms with Gasteiger partial charge in [-0.05, 0) is 36.8 Å². The topological polar surface area (TPSA) is 162 Å². The lowest BCUT2D eigenvalue weighted by molar-refractivity contribution is -0.385. The van der Waals surface area contributed by atoms with E-state index in [0.29, 0.717) is 5.56 Å². The summed E-state index contributed by atoms with van der Waals surface area (Å²) < 4.78 is 0. The molecule has 0 fully saturated rings. The second kappa shape index (κ2) is 11.0. The standard InChI is InChI=1S/C24H17ClN4O7/c1-14(30)16-5-3-6-17(12-16)26-24(32)22(11-15-4-2-7-18(10-15)28(33)34)27-23(31)20-13-19(29(35)36)8-9-21(20)25/h2-13H,1H3,(H,26,32)(H,27,31)/b22-11-. The third-order valence-corrected chi connectivity index (χ3v) is 5.15. The molecule has 0 aliphatic carbocycles. The van der Waals surface area contributed by atoms with Crippen molar-refractivity contribution in [2.24, 2.45) is 0 Å². The van der Waals surface area contributed by atoms with Gasteiger partial charge in [0.05, 0.1) is 20.4 Å². The SMILES string of the molecule is CC(=O)c1cccc(NC(=O)/C(=C/c2cccc([N+](=O)[O-])c2)NC(=O)c2cc([N+](=O)[O-])ccc2Cl)c1. The van der Waals surface area contributed by atoms with Crippen molar-refractivity contribution in [1.82, 2.24) is 5.32 Å². The molecule has 3 aromatic carbocycles. The Labute approximate surface area is 208 Å². The van der Waals surface area contributed by atoms with Crippen molar-refractivity contribution >= 4 is 52.3 Å². The highest BCUT2D eigenvalue weighted by molar-refractivity contribution is 6.34. The molecule has 12 heteroatoms. The van der Waals surface area contributed by atoms with E-state index in [1.165, 1.54) is 55.5 Å². The van der Waals surface area contributed by atoms with E-state index in [2.05, 4.69) is 10.6 Å². The van der Waals surface area contributed by atoms with Crippen molar-refractivity contribution < 1.29 is 24.2 Å². The summed E-state index contributed by atoms with van der Waals surface area (Å²) in [5, 5.41) is 27.0. The number of nitrogens with zero attached hydrogens (tertiary/aromatic N) is 2. The van der Waals surface area contributed by atoms with Crippen LogP contribution in [0.2, 0.25) is 5.02 Å². The van der Waals surface area contributed by atoms with Gasteiger partial charge in [-0.15, -0.1) is 0 Å². The van der Waals surface area contributed by atoms with Crippen molar-refractivity contribution in [3.63, 3.8) is 0 Å². The number of non-ortho nitro benzene ring substituents is 2. The van der Waals surface area contributed by atoms with Crippen molar-refractivity contribution in [3.8, 4) is 0 Å². The van der Waals surface area contributed by atoms with E-state index in [1.54, 1.807) is 12.1 Å². The number of nitrogens with one attached hydrogen (secondary N) is 2. The first-order valence-corrected chi connectivity index (χ1v) is 10.6. The maximum Gasteiger partial charge on any atom is 0.272 e. The van der Waals surface area contributed by atoms with Gasteiger partial charge in [0.15, 0.2) is 5.78 Å². The Morgan fingerprint density at radius 3 is 2.22 bits per heavy atom. The molecule has 2 N–H and O–H groups in total. The van der Waals surface area contributed by atoms with Gasteiger partial charge in [0.2, 0.25) is 0 Å². The van der Waals surface area contributed by atoms with E-state index < -0.39 is 21.7 Å². The average molecular weight is 509 g/mol. The van der Waals surface area contributed by atoms with Crippen LogP contribution in [0, 0.1) is 20.2 Å². The zero-order valence-corrected chi connectivity index (χ0v) is 19.3. The van der Waals surface area contributed by atoms with Crippen molar-refractivity contribution in [2.75, 3.05) is 5.32 Å². The largest absolute Gasteiger partial charge is 0.321 e. The number of nitro groups is 2. The van der Waals surface area contributed by atoms with E-state index in [-0.39, 0.29) is 44.7 Å². The third-order valence-electron chi connectivity index (χ3n) is 4.82. The normalized spacial score (nSPS) is 10.9. The number of hydrogen-bond donors (Lipinski definition) is 2. The summed E-state index contributed by atoms with van der Waals surface area (Å²) in [7, 11) is 0. The number of carbonyl (C=O) groups is 3. The van der Waals surface area contributed by atoms with E-state index in [0.717, 1.165) is 12.1 Å². The Kier molecular flexibility index (Phi) is 7.87. The third kappa shape index (κ3) is 6.36. The maximum atomic E-state index is 13.1. The molecule has 3 aromatic rings. The molecule has 0 heterocycles. The minimum Gasteiger partial charge on any atom is -0.321 e. The second-order valence-electron chi connectivity index (χ2n) is 7.38. The van der Waals surface area contributed by atoms with Crippen molar-refractivity contribution in [2.45, 2.75) is 6.92 Å². The quantitative estimate of drug-likeness (QED) is 0.191. The molecule has 0 aliphatic rings. The maximum absolute atomic E-state index is 13.1. The Balaban J connectivity index is 2.00. The number of rotatable bonds is 8. The Morgan fingerprint density at radius 1 is 0.889 bits per heavy atom. The smallest absolute Gasteiger partial charge is 0.272 e. The van der Waals surface area contributed by atoms with Crippen LogP contribution in [0.5, 0.6) is 0 Å². The summed E-state index contributed by atoms with van der Waals surface area (Å²) in [5.41, 5.74) is -0.426. The number of halogens is 1. The lowest BCUT2D eigenvalue weighted by atomic mass is 10.1. The number of anilines is 1. The van der Waals surface area contributed by atoms with Crippen LogP contribution in [0.1, 0.15) is 33.2 Å². The molecule has 36 heavy (non-hydrogen) atoms. The monoisotopic (exact) mass is 508 g/mol. The van der Waals surface area contributed by atoms with Gasteiger partial charge >= 0.3 is 0 Å². The number of amides is 2. The number of hydrogen-bond acceptors (Lipinski definition) is 7. The highest BCUT2D eigenvalue weighted by atomic mass is 35.5. The molecular weight excluding hydrogens is 492 g/mol. The van der Waals surface area contributed by atoms with Gasteiger partial charge in [0.1, 0.15) is 5.70 Å². The number of benzene rings is 3. The molecule has 0 aliphatic heterocycles. The van der Waals surface area contributed by atoms with Crippen LogP contribution >= 0.6 is 11.6 Å². The first-order valence-electron chi connectivity index (χ1n) is 10.2. The highest BCUT2D eigenvalue weighted by Crippen LogP contribution is 2.23. The van der Waals surface area contributed by atoms with Crippen LogP contribution in [0.15, 0.2) is 72.4 Å². The Hall–Kier alpha value is -4.90. The molecule has 0 atom stereocenters.